The molecular weight excluding hydrogens is 262 g/mol. The van der Waals surface area contributed by atoms with Crippen molar-refractivity contribution in [2.45, 2.75) is 19.8 Å². The first-order valence-electron chi connectivity index (χ1n) is 7.34. The molecule has 2 rings (SSSR count). The molecule has 0 unspecified atom stereocenters. The average molecular weight is 283 g/mol. The predicted molar refractivity (Wildman–Crippen MR) is 85.7 cm³/mol. The smallest absolute Gasteiger partial charge is 0.338 e. The molecule has 110 valence electrons. The number of hydrogen-bond acceptors (Lipinski definition) is 3. The highest BCUT2D eigenvalue weighted by Crippen LogP contribution is 2.12. The second-order valence-corrected chi connectivity index (χ2v) is 4.82. The second-order valence-electron chi connectivity index (χ2n) is 4.82. The summed E-state index contributed by atoms with van der Waals surface area (Å²) in [5.74, 6) is -0.273. The van der Waals surface area contributed by atoms with E-state index in [9.17, 15) is 4.79 Å². The fourth-order valence-corrected chi connectivity index (χ4v) is 2.14. The van der Waals surface area contributed by atoms with Crippen LogP contribution in [0.1, 0.15) is 29.3 Å². The van der Waals surface area contributed by atoms with E-state index in [4.69, 9.17) is 4.74 Å². The molecule has 0 atom stereocenters. The topological polar surface area (TPSA) is 38.3 Å². The molecule has 0 saturated heterocycles. The molecular formula is C18H21NO2. The molecule has 0 spiro atoms. The molecule has 0 aliphatic carbocycles. The maximum atomic E-state index is 11.7. The minimum Gasteiger partial charge on any atom is -0.462 e. The van der Waals surface area contributed by atoms with Gasteiger partial charge in [-0.05, 0) is 43.5 Å². The Bertz CT molecular complexity index is 566. The Labute approximate surface area is 126 Å². The summed E-state index contributed by atoms with van der Waals surface area (Å²) in [6.45, 7) is 3.08. The molecule has 0 radical (unpaired) electrons. The van der Waals surface area contributed by atoms with Crippen molar-refractivity contribution in [3.8, 4) is 0 Å². The first-order valence-corrected chi connectivity index (χ1v) is 7.34. The molecule has 3 heteroatoms. The van der Waals surface area contributed by atoms with Gasteiger partial charge in [-0.2, -0.15) is 0 Å². The molecule has 0 bridgehead atoms. The lowest BCUT2D eigenvalue weighted by Gasteiger charge is -2.08. The van der Waals surface area contributed by atoms with E-state index in [0.29, 0.717) is 12.2 Å². The number of nitrogens with one attached hydrogen (secondary N) is 1. The van der Waals surface area contributed by atoms with Crippen LogP contribution in [0.4, 0.5) is 5.69 Å². The fraction of sp³-hybridized carbons (Fsp3) is 0.278. The molecule has 3 nitrogen and oxygen atoms in total. The Kier molecular flexibility index (Phi) is 5.83. The van der Waals surface area contributed by atoms with Gasteiger partial charge < -0.3 is 10.1 Å². The van der Waals surface area contributed by atoms with Crippen molar-refractivity contribution in [3.63, 3.8) is 0 Å². The quantitative estimate of drug-likeness (QED) is 0.618. The van der Waals surface area contributed by atoms with Crippen molar-refractivity contribution in [1.82, 2.24) is 0 Å². The lowest BCUT2D eigenvalue weighted by atomic mass is 10.1. The third kappa shape index (κ3) is 4.95. The highest BCUT2D eigenvalue weighted by Gasteiger charge is 2.06. The Morgan fingerprint density at radius 3 is 2.67 bits per heavy atom. The Morgan fingerprint density at radius 1 is 1.10 bits per heavy atom. The monoisotopic (exact) mass is 283 g/mol. The number of carbonyl (C=O) groups is 1. The van der Waals surface area contributed by atoms with E-state index in [1.54, 1.807) is 6.07 Å². The lowest BCUT2D eigenvalue weighted by molar-refractivity contribution is 0.0526. The third-order valence-corrected chi connectivity index (χ3v) is 3.19. The summed E-state index contributed by atoms with van der Waals surface area (Å²) in [4.78, 5) is 11.7. The second kappa shape index (κ2) is 8.10. The number of anilines is 1. The summed E-state index contributed by atoms with van der Waals surface area (Å²) >= 11 is 0. The maximum absolute atomic E-state index is 11.7. The van der Waals surface area contributed by atoms with Gasteiger partial charge in [0, 0.05) is 12.2 Å². The van der Waals surface area contributed by atoms with Gasteiger partial charge in [0.2, 0.25) is 0 Å². The van der Waals surface area contributed by atoms with Crippen LogP contribution in [0.25, 0.3) is 0 Å². The SMILES string of the molecule is CCOC(=O)c1cccc(NCCCc2ccccc2)c1. The van der Waals surface area contributed by atoms with Gasteiger partial charge in [-0.15, -0.1) is 0 Å². The first kappa shape index (κ1) is 15.1. The van der Waals surface area contributed by atoms with Crippen LogP contribution in [0.3, 0.4) is 0 Å². The Hall–Kier alpha value is -2.29. The molecule has 0 fully saturated rings. The zero-order valence-corrected chi connectivity index (χ0v) is 12.3. The largest absolute Gasteiger partial charge is 0.462 e. The van der Waals surface area contributed by atoms with Crippen LogP contribution in [-0.2, 0) is 11.2 Å². The molecule has 2 aromatic rings. The molecule has 0 amide bonds. The molecule has 0 heterocycles. The van der Waals surface area contributed by atoms with E-state index in [0.717, 1.165) is 25.1 Å². The van der Waals surface area contributed by atoms with E-state index < -0.39 is 0 Å². The highest BCUT2D eigenvalue weighted by molar-refractivity contribution is 5.90. The van der Waals surface area contributed by atoms with Crippen LogP contribution in [0.15, 0.2) is 54.6 Å². The summed E-state index contributed by atoms with van der Waals surface area (Å²) < 4.78 is 5.00. The van der Waals surface area contributed by atoms with Crippen molar-refractivity contribution < 1.29 is 9.53 Å². The van der Waals surface area contributed by atoms with Crippen molar-refractivity contribution >= 4 is 11.7 Å². The standard InChI is InChI=1S/C18H21NO2/c1-2-21-18(20)16-11-6-12-17(14-16)19-13-7-10-15-8-4-3-5-9-15/h3-6,8-9,11-12,14,19H,2,7,10,13H2,1H3. The summed E-state index contributed by atoms with van der Waals surface area (Å²) in [7, 11) is 0. The first-order chi connectivity index (χ1) is 10.3. The van der Waals surface area contributed by atoms with Gasteiger partial charge in [0.1, 0.15) is 0 Å². The van der Waals surface area contributed by atoms with Gasteiger partial charge in [0.05, 0.1) is 12.2 Å². The number of carbonyl (C=O) groups excluding carboxylic acids is 1. The normalized spacial score (nSPS) is 10.1. The van der Waals surface area contributed by atoms with Crippen LogP contribution in [0, 0.1) is 0 Å². The average Bonchev–Trinajstić information content (AvgIpc) is 2.53. The maximum Gasteiger partial charge on any atom is 0.338 e. The number of aryl methyl sites for hydroxylation is 1. The van der Waals surface area contributed by atoms with Gasteiger partial charge in [-0.3, -0.25) is 0 Å². The van der Waals surface area contributed by atoms with Gasteiger partial charge in [-0.25, -0.2) is 4.79 Å². The number of hydrogen-bond donors (Lipinski definition) is 1. The summed E-state index contributed by atoms with van der Waals surface area (Å²) in [5.41, 5.74) is 2.89. The number of esters is 1. The summed E-state index contributed by atoms with van der Waals surface area (Å²) in [6, 6.07) is 17.9. The molecule has 0 saturated carbocycles. The lowest BCUT2D eigenvalue weighted by Crippen LogP contribution is -2.07. The van der Waals surface area contributed by atoms with E-state index in [1.807, 2.05) is 31.2 Å². The zero-order chi connectivity index (χ0) is 14.9. The van der Waals surface area contributed by atoms with Crippen LogP contribution < -0.4 is 5.32 Å². The van der Waals surface area contributed by atoms with E-state index in [1.165, 1.54) is 5.56 Å². The van der Waals surface area contributed by atoms with Crippen molar-refractivity contribution in [3.05, 3.63) is 65.7 Å². The molecule has 2 aromatic carbocycles. The minimum absolute atomic E-state index is 0.273. The van der Waals surface area contributed by atoms with Crippen LogP contribution >= 0.6 is 0 Å². The minimum atomic E-state index is -0.273. The van der Waals surface area contributed by atoms with Gasteiger partial charge in [0.25, 0.3) is 0 Å². The summed E-state index contributed by atoms with van der Waals surface area (Å²) in [6.07, 6.45) is 2.10. The van der Waals surface area contributed by atoms with Gasteiger partial charge >= 0.3 is 5.97 Å². The van der Waals surface area contributed by atoms with Crippen LogP contribution in [0.5, 0.6) is 0 Å². The number of ether oxygens (including phenoxy) is 1. The molecule has 1 N–H and O–H groups in total. The van der Waals surface area contributed by atoms with Crippen molar-refractivity contribution in [1.29, 1.82) is 0 Å². The molecule has 0 aromatic heterocycles. The van der Waals surface area contributed by atoms with E-state index >= 15 is 0 Å². The fourth-order valence-electron chi connectivity index (χ4n) is 2.14. The zero-order valence-electron chi connectivity index (χ0n) is 12.3. The number of benzene rings is 2. The van der Waals surface area contributed by atoms with Gasteiger partial charge in [-0.1, -0.05) is 36.4 Å². The third-order valence-electron chi connectivity index (χ3n) is 3.19. The van der Waals surface area contributed by atoms with E-state index in [-0.39, 0.29) is 5.97 Å². The number of rotatable bonds is 7. The van der Waals surface area contributed by atoms with E-state index in [2.05, 4.69) is 29.6 Å². The van der Waals surface area contributed by atoms with Gasteiger partial charge in [0.15, 0.2) is 0 Å². The molecule has 0 aliphatic rings. The van der Waals surface area contributed by atoms with Crippen LogP contribution in [0.2, 0.25) is 0 Å². The Balaban J connectivity index is 1.80. The van der Waals surface area contributed by atoms with Crippen molar-refractivity contribution in [2.75, 3.05) is 18.5 Å². The Morgan fingerprint density at radius 2 is 1.90 bits per heavy atom. The van der Waals surface area contributed by atoms with Crippen LogP contribution in [-0.4, -0.2) is 19.1 Å². The predicted octanol–water partition coefficient (Wildman–Crippen LogP) is 3.91. The highest BCUT2D eigenvalue weighted by atomic mass is 16.5. The molecule has 21 heavy (non-hydrogen) atoms. The molecule has 0 aliphatic heterocycles. The van der Waals surface area contributed by atoms with Crippen molar-refractivity contribution in [2.24, 2.45) is 0 Å². The summed E-state index contributed by atoms with van der Waals surface area (Å²) in [5, 5.41) is 3.34.